The minimum absolute atomic E-state index is 0.644. The predicted octanol–water partition coefficient (Wildman–Crippen LogP) is 4.63. The molecule has 2 rings (SSSR count). The molecule has 4 nitrogen and oxygen atoms in total. The summed E-state index contributed by atoms with van der Waals surface area (Å²) in [5, 5.41) is 0. The average molecular weight is 353 g/mol. The zero-order valence-electron chi connectivity index (χ0n) is 15.5. The van der Waals surface area contributed by atoms with Crippen molar-refractivity contribution in [3.05, 3.63) is 29.8 Å². The van der Waals surface area contributed by atoms with E-state index in [1.807, 2.05) is 0 Å². The maximum absolute atomic E-state index is 5.85. The summed E-state index contributed by atoms with van der Waals surface area (Å²) < 4.78 is 22.1. The van der Waals surface area contributed by atoms with Crippen molar-refractivity contribution in [2.24, 2.45) is 5.92 Å². The molecule has 0 amide bonds. The molecule has 1 aliphatic rings. The average Bonchev–Trinajstić information content (AvgIpc) is 2.64. The summed E-state index contributed by atoms with van der Waals surface area (Å²) in [5.41, 5.74) is 1.46. The normalized spacial score (nSPS) is 21.7. The first kappa shape index (κ1) is 19.4. The van der Waals surface area contributed by atoms with E-state index in [0.29, 0.717) is 6.61 Å². The lowest BCUT2D eigenvalue weighted by molar-refractivity contribution is 0.121. The summed E-state index contributed by atoms with van der Waals surface area (Å²) in [5.74, 6) is 2.56. The van der Waals surface area contributed by atoms with Gasteiger partial charge in [0.15, 0.2) is 0 Å². The Morgan fingerprint density at radius 3 is 2.04 bits per heavy atom. The summed E-state index contributed by atoms with van der Waals surface area (Å²) in [6, 6.07) is 9.42. The van der Waals surface area contributed by atoms with Gasteiger partial charge in [0, 0.05) is 27.4 Å². The molecule has 1 fully saturated rings. The molecule has 0 atom stereocenters. The van der Waals surface area contributed by atoms with Gasteiger partial charge in [-0.15, -0.1) is 0 Å². The van der Waals surface area contributed by atoms with E-state index < -0.39 is 8.80 Å². The Morgan fingerprint density at radius 2 is 1.50 bits per heavy atom. The van der Waals surface area contributed by atoms with Gasteiger partial charge in [-0.2, -0.15) is 0 Å². The van der Waals surface area contributed by atoms with Gasteiger partial charge in [-0.1, -0.05) is 31.9 Å². The topological polar surface area (TPSA) is 36.9 Å². The van der Waals surface area contributed by atoms with Crippen LogP contribution in [0.25, 0.3) is 0 Å². The molecular formula is C19H32O4Si. The highest BCUT2D eigenvalue weighted by molar-refractivity contribution is 6.60. The van der Waals surface area contributed by atoms with E-state index in [1.165, 1.54) is 31.2 Å². The number of ether oxygens (including phenoxy) is 1. The highest BCUT2D eigenvalue weighted by Gasteiger charge is 2.36. The van der Waals surface area contributed by atoms with Crippen LogP contribution in [0.15, 0.2) is 24.3 Å². The van der Waals surface area contributed by atoms with Crippen LogP contribution < -0.4 is 4.74 Å². The zero-order chi connectivity index (χ0) is 17.4. The second kappa shape index (κ2) is 9.56. The highest BCUT2D eigenvalue weighted by Crippen LogP contribution is 2.35. The number of rotatable bonds is 9. The third-order valence-electron chi connectivity index (χ3n) is 5.20. The Bertz CT molecular complexity index is 456. The molecule has 1 aromatic rings. The molecule has 1 saturated carbocycles. The van der Waals surface area contributed by atoms with E-state index >= 15 is 0 Å². The summed E-state index contributed by atoms with van der Waals surface area (Å²) >= 11 is 0. The molecule has 0 bridgehead atoms. The molecule has 0 unspecified atom stereocenters. The summed E-state index contributed by atoms with van der Waals surface area (Å²) in [4.78, 5) is 0. The lowest BCUT2D eigenvalue weighted by Crippen LogP contribution is -2.42. The Kier molecular flexibility index (Phi) is 7.75. The molecular weight excluding hydrogens is 320 g/mol. The smallest absolute Gasteiger partial charge is 0.494 e. The minimum atomic E-state index is -2.47. The van der Waals surface area contributed by atoms with E-state index in [2.05, 4.69) is 31.2 Å². The molecule has 136 valence electrons. The van der Waals surface area contributed by atoms with E-state index in [1.54, 1.807) is 21.3 Å². The van der Waals surface area contributed by atoms with Crippen molar-refractivity contribution in [3.8, 4) is 5.75 Å². The Labute approximate surface area is 147 Å². The van der Waals surface area contributed by atoms with Crippen molar-refractivity contribution < 1.29 is 18.0 Å². The van der Waals surface area contributed by atoms with Crippen molar-refractivity contribution in [1.82, 2.24) is 0 Å². The molecule has 24 heavy (non-hydrogen) atoms. The van der Waals surface area contributed by atoms with Crippen LogP contribution in [0.2, 0.25) is 6.04 Å². The Morgan fingerprint density at radius 1 is 0.917 bits per heavy atom. The first-order chi connectivity index (χ1) is 11.6. The highest BCUT2D eigenvalue weighted by atomic mass is 28.4. The van der Waals surface area contributed by atoms with Crippen molar-refractivity contribution >= 4 is 8.80 Å². The van der Waals surface area contributed by atoms with Gasteiger partial charge in [-0.05, 0) is 48.8 Å². The van der Waals surface area contributed by atoms with Gasteiger partial charge >= 0.3 is 8.80 Å². The fourth-order valence-electron chi connectivity index (χ4n) is 3.46. The first-order valence-electron chi connectivity index (χ1n) is 9.00. The van der Waals surface area contributed by atoms with Crippen LogP contribution in [0, 0.1) is 5.92 Å². The van der Waals surface area contributed by atoms with Crippen LogP contribution in [-0.4, -0.2) is 36.7 Å². The standard InChI is InChI=1S/C19H32O4Si/c1-16-6-8-17(9-7-16)18-10-12-19(13-11-18)23-14-5-15-24(20-2,21-3)22-4/h10-13,16-17H,5-9,14-15H2,1-4H3/t16-,17-. The third-order valence-corrected chi connectivity index (χ3v) is 8.03. The minimum Gasteiger partial charge on any atom is -0.494 e. The molecule has 1 aromatic carbocycles. The van der Waals surface area contributed by atoms with Crippen LogP contribution in [0.1, 0.15) is 50.5 Å². The largest absolute Gasteiger partial charge is 0.500 e. The molecule has 0 spiro atoms. The van der Waals surface area contributed by atoms with Gasteiger partial charge < -0.3 is 18.0 Å². The first-order valence-corrected chi connectivity index (χ1v) is 10.9. The van der Waals surface area contributed by atoms with Crippen LogP contribution in [0.5, 0.6) is 5.75 Å². The Hall–Kier alpha value is -0.883. The number of hydrogen-bond acceptors (Lipinski definition) is 4. The van der Waals surface area contributed by atoms with Crippen molar-refractivity contribution in [2.45, 2.75) is 51.0 Å². The second-order valence-electron chi connectivity index (χ2n) is 6.77. The summed E-state index contributed by atoms with van der Waals surface area (Å²) in [6.45, 7) is 3.01. The molecule has 1 aliphatic carbocycles. The van der Waals surface area contributed by atoms with Gasteiger partial charge in [-0.25, -0.2) is 0 Å². The van der Waals surface area contributed by atoms with Gasteiger partial charge in [0.05, 0.1) is 6.61 Å². The van der Waals surface area contributed by atoms with Gasteiger partial charge in [-0.3, -0.25) is 0 Å². The number of hydrogen-bond donors (Lipinski definition) is 0. The van der Waals surface area contributed by atoms with Gasteiger partial charge in [0.1, 0.15) is 5.75 Å². The van der Waals surface area contributed by atoms with Crippen molar-refractivity contribution in [2.75, 3.05) is 27.9 Å². The van der Waals surface area contributed by atoms with Crippen LogP contribution in [-0.2, 0) is 13.3 Å². The third kappa shape index (κ3) is 5.31. The van der Waals surface area contributed by atoms with Gasteiger partial charge in [0.2, 0.25) is 0 Å². The van der Waals surface area contributed by atoms with Crippen molar-refractivity contribution in [1.29, 1.82) is 0 Å². The fourth-order valence-corrected chi connectivity index (χ4v) is 5.15. The predicted molar refractivity (Wildman–Crippen MR) is 98.5 cm³/mol. The monoisotopic (exact) mass is 352 g/mol. The molecule has 0 saturated heterocycles. The van der Waals surface area contributed by atoms with Crippen LogP contribution >= 0.6 is 0 Å². The lowest BCUT2D eigenvalue weighted by Gasteiger charge is -2.26. The van der Waals surface area contributed by atoms with E-state index in [4.69, 9.17) is 18.0 Å². The van der Waals surface area contributed by atoms with Gasteiger partial charge in [0.25, 0.3) is 0 Å². The second-order valence-corrected chi connectivity index (χ2v) is 9.86. The van der Waals surface area contributed by atoms with Crippen LogP contribution in [0.3, 0.4) is 0 Å². The Balaban J connectivity index is 1.76. The SMILES string of the molecule is CO[Si](CCCOc1ccc([C@H]2CC[C@H](C)CC2)cc1)(OC)OC. The fraction of sp³-hybridized carbons (Fsp3) is 0.684. The van der Waals surface area contributed by atoms with Crippen molar-refractivity contribution in [3.63, 3.8) is 0 Å². The number of benzene rings is 1. The molecule has 0 radical (unpaired) electrons. The summed E-state index contributed by atoms with van der Waals surface area (Å²) in [7, 11) is 2.46. The summed E-state index contributed by atoms with van der Waals surface area (Å²) in [6.07, 6.45) is 6.20. The van der Waals surface area contributed by atoms with E-state index in [-0.39, 0.29) is 0 Å². The molecule has 0 aromatic heterocycles. The lowest BCUT2D eigenvalue weighted by atomic mass is 9.79. The molecule has 0 N–H and O–H groups in total. The molecule has 0 aliphatic heterocycles. The van der Waals surface area contributed by atoms with Crippen LogP contribution in [0.4, 0.5) is 0 Å². The van der Waals surface area contributed by atoms with E-state index in [9.17, 15) is 0 Å². The zero-order valence-corrected chi connectivity index (χ0v) is 16.5. The maximum atomic E-state index is 5.85. The van der Waals surface area contributed by atoms with E-state index in [0.717, 1.165) is 30.1 Å². The molecule has 0 heterocycles. The quantitative estimate of drug-likeness (QED) is 0.480. The molecule has 5 heteroatoms. The maximum Gasteiger partial charge on any atom is 0.500 e.